The van der Waals surface area contributed by atoms with Crippen molar-refractivity contribution in [2.75, 3.05) is 13.1 Å². The number of carbonyl (C=O) groups is 2. The molecule has 4 amide bonds. The Morgan fingerprint density at radius 1 is 0.525 bits per heavy atom. The van der Waals surface area contributed by atoms with Crippen LogP contribution in [-0.4, -0.2) is 48.1 Å². The van der Waals surface area contributed by atoms with Gasteiger partial charge in [-0.05, 0) is 125 Å². The molecule has 8 aliphatic carbocycles. The average molecular weight is 555 g/mol. The van der Waals surface area contributed by atoms with Gasteiger partial charge in [-0.25, -0.2) is 9.59 Å². The lowest BCUT2D eigenvalue weighted by Gasteiger charge is -2.56. The molecule has 222 valence electrons. The number of carbonyl (C=O) groups excluding carboxylic acids is 2. The van der Waals surface area contributed by atoms with Crippen molar-refractivity contribution in [3.05, 3.63) is 0 Å². The van der Waals surface area contributed by atoms with Crippen LogP contribution in [0.25, 0.3) is 0 Å². The molecule has 0 aromatic carbocycles. The van der Waals surface area contributed by atoms with E-state index in [1.54, 1.807) is 0 Å². The van der Waals surface area contributed by atoms with E-state index in [9.17, 15) is 9.59 Å². The fourth-order valence-corrected chi connectivity index (χ4v) is 10.4. The lowest BCUT2D eigenvalue weighted by Crippen LogP contribution is -2.62. The summed E-state index contributed by atoms with van der Waals surface area (Å²) in [7, 11) is 0. The Bertz CT molecular complexity index is 848. The summed E-state index contributed by atoms with van der Waals surface area (Å²) in [5, 5.41) is 34.1. The standard InChI is InChI=1S/C30H50N8O2/c31-25(35-27(39)37-29-13-19-7-20(14-29)9-21(8-19)15-29)33-5-3-1-2-4-6-34-26(32)36-28(40)38-30-16-22-10-23(17-30)12-24(11-22)18-30/h19-24H,1-18H2,(H4,31,33,35,37,39)(H4,32,34,36,38,40). The van der Waals surface area contributed by atoms with Crippen molar-refractivity contribution < 1.29 is 9.59 Å². The molecule has 0 aromatic heterocycles. The molecule has 0 radical (unpaired) electrons. The molecule has 8 aliphatic rings. The summed E-state index contributed by atoms with van der Waals surface area (Å²) in [5.41, 5.74) is -0.0888. The normalized spacial score (nSPS) is 38.0. The first-order valence-corrected chi connectivity index (χ1v) is 16.1. The van der Waals surface area contributed by atoms with Gasteiger partial charge in [0.2, 0.25) is 0 Å². The van der Waals surface area contributed by atoms with Crippen LogP contribution in [0.15, 0.2) is 0 Å². The van der Waals surface area contributed by atoms with Crippen molar-refractivity contribution in [1.82, 2.24) is 31.9 Å². The Kier molecular flexibility index (Phi) is 7.87. The van der Waals surface area contributed by atoms with Crippen molar-refractivity contribution in [1.29, 1.82) is 10.8 Å². The minimum atomic E-state index is -0.242. The minimum Gasteiger partial charge on any atom is -0.356 e. The number of nitrogens with one attached hydrogen (secondary N) is 8. The molecule has 10 nitrogen and oxygen atoms in total. The van der Waals surface area contributed by atoms with E-state index >= 15 is 0 Å². The van der Waals surface area contributed by atoms with Crippen LogP contribution in [0.1, 0.15) is 103 Å². The van der Waals surface area contributed by atoms with Gasteiger partial charge in [-0.3, -0.25) is 21.5 Å². The zero-order chi connectivity index (χ0) is 27.7. The van der Waals surface area contributed by atoms with Crippen molar-refractivity contribution in [2.45, 2.75) is 114 Å². The fraction of sp³-hybridized carbons (Fsp3) is 0.867. The van der Waals surface area contributed by atoms with E-state index in [1.165, 1.54) is 38.5 Å². The highest BCUT2D eigenvalue weighted by Crippen LogP contribution is 2.56. The van der Waals surface area contributed by atoms with Crippen LogP contribution >= 0.6 is 0 Å². The van der Waals surface area contributed by atoms with Gasteiger partial charge in [0, 0.05) is 24.2 Å². The third kappa shape index (κ3) is 6.51. The summed E-state index contributed by atoms with van der Waals surface area (Å²) in [6.07, 6.45) is 18.5. The molecular weight excluding hydrogens is 504 g/mol. The molecule has 0 heterocycles. The Hall–Kier alpha value is -2.52. The summed E-state index contributed by atoms with van der Waals surface area (Å²) in [6.45, 7) is 1.29. The summed E-state index contributed by atoms with van der Waals surface area (Å²) in [4.78, 5) is 25.1. The first-order valence-electron chi connectivity index (χ1n) is 16.1. The quantitative estimate of drug-likeness (QED) is 0.123. The first kappa shape index (κ1) is 27.6. The third-order valence-electron chi connectivity index (χ3n) is 11.0. The average Bonchev–Trinajstić information content (AvgIpc) is 2.83. The van der Waals surface area contributed by atoms with Crippen molar-refractivity contribution in [2.24, 2.45) is 35.5 Å². The molecule has 0 atom stereocenters. The van der Waals surface area contributed by atoms with E-state index in [0.29, 0.717) is 13.1 Å². The maximum atomic E-state index is 12.6. The summed E-state index contributed by atoms with van der Waals surface area (Å²) >= 11 is 0. The Morgan fingerprint density at radius 3 is 1.12 bits per heavy atom. The van der Waals surface area contributed by atoms with Gasteiger partial charge in [-0.15, -0.1) is 0 Å². The van der Waals surface area contributed by atoms with Gasteiger partial charge in [0.1, 0.15) is 0 Å². The molecule has 0 spiro atoms. The van der Waals surface area contributed by atoms with Gasteiger partial charge in [0.05, 0.1) is 0 Å². The second-order valence-electron chi connectivity index (χ2n) is 14.6. The van der Waals surface area contributed by atoms with E-state index in [2.05, 4.69) is 31.9 Å². The van der Waals surface area contributed by atoms with Gasteiger partial charge < -0.3 is 21.3 Å². The lowest BCUT2D eigenvalue weighted by molar-refractivity contribution is -0.0135. The largest absolute Gasteiger partial charge is 0.356 e. The zero-order valence-corrected chi connectivity index (χ0v) is 24.0. The highest BCUT2D eigenvalue weighted by molar-refractivity contribution is 5.95. The zero-order valence-electron chi connectivity index (χ0n) is 24.0. The predicted molar refractivity (Wildman–Crippen MR) is 155 cm³/mol. The summed E-state index contributed by atoms with van der Waals surface area (Å²) in [5.74, 6) is 4.78. The minimum absolute atomic E-state index is 0.0444. The highest BCUT2D eigenvalue weighted by Gasteiger charge is 2.52. The molecular formula is C30H50N8O2. The lowest BCUT2D eigenvalue weighted by atomic mass is 9.53. The van der Waals surface area contributed by atoms with Gasteiger partial charge in [-0.1, -0.05) is 12.8 Å². The molecule has 0 aromatic rings. The number of hydrogen-bond donors (Lipinski definition) is 8. The Morgan fingerprint density at radius 2 is 0.825 bits per heavy atom. The maximum absolute atomic E-state index is 12.6. The van der Waals surface area contributed by atoms with E-state index < -0.39 is 0 Å². The van der Waals surface area contributed by atoms with Gasteiger partial charge in [0.25, 0.3) is 0 Å². The number of rotatable bonds is 9. The topological polar surface area (TPSA) is 154 Å². The predicted octanol–water partition coefficient (Wildman–Crippen LogP) is 4.13. The summed E-state index contributed by atoms with van der Waals surface area (Å²) in [6, 6.07) is -0.485. The molecule has 0 saturated heterocycles. The number of urea groups is 2. The summed E-state index contributed by atoms with van der Waals surface area (Å²) < 4.78 is 0. The Balaban J connectivity index is 0.779. The van der Waals surface area contributed by atoms with E-state index in [-0.39, 0.29) is 35.1 Å². The van der Waals surface area contributed by atoms with Crippen molar-refractivity contribution in [3.63, 3.8) is 0 Å². The molecule has 10 heteroatoms. The second-order valence-corrected chi connectivity index (χ2v) is 14.6. The molecule has 8 saturated carbocycles. The smallest absolute Gasteiger partial charge is 0.321 e. The highest BCUT2D eigenvalue weighted by atomic mass is 16.2. The third-order valence-corrected chi connectivity index (χ3v) is 11.0. The maximum Gasteiger partial charge on any atom is 0.321 e. The van der Waals surface area contributed by atoms with E-state index in [4.69, 9.17) is 10.8 Å². The van der Waals surface area contributed by atoms with E-state index in [1.807, 2.05) is 0 Å². The Labute approximate surface area is 238 Å². The molecule has 40 heavy (non-hydrogen) atoms. The van der Waals surface area contributed by atoms with Crippen LogP contribution in [-0.2, 0) is 0 Å². The van der Waals surface area contributed by atoms with Gasteiger partial charge in [-0.2, -0.15) is 0 Å². The van der Waals surface area contributed by atoms with Crippen LogP contribution in [0.3, 0.4) is 0 Å². The second kappa shape index (κ2) is 11.4. The SMILES string of the molecule is N=C(NCCCCCCNC(=N)NC(=O)NC12CC3CC(CC(C3)C1)C2)NC(=O)NC12CC3CC(CC(C3)C1)C2. The molecule has 0 unspecified atom stereocenters. The molecule has 0 aliphatic heterocycles. The first-order chi connectivity index (χ1) is 19.3. The number of amides is 4. The van der Waals surface area contributed by atoms with E-state index in [0.717, 1.165) is 99.7 Å². The van der Waals surface area contributed by atoms with Gasteiger partial charge in [0.15, 0.2) is 11.9 Å². The van der Waals surface area contributed by atoms with Crippen LogP contribution in [0.4, 0.5) is 9.59 Å². The number of unbranched alkanes of at least 4 members (excludes halogenated alkanes) is 3. The van der Waals surface area contributed by atoms with Crippen molar-refractivity contribution in [3.8, 4) is 0 Å². The van der Waals surface area contributed by atoms with Gasteiger partial charge >= 0.3 is 12.1 Å². The molecule has 8 rings (SSSR count). The van der Waals surface area contributed by atoms with Crippen LogP contribution < -0.4 is 31.9 Å². The molecule has 8 N–H and O–H groups in total. The van der Waals surface area contributed by atoms with Crippen LogP contribution in [0.2, 0.25) is 0 Å². The van der Waals surface area contributed by atoms with Crippen LogP contribution in [0.5, 0.6) is 0 Å². The monoisotopic (exact) mass is 554 g/mol. The molecule has 8 bridgehead atoms. The number of guanidine groups is 2. The number of hydrogen-bond acceptors (Lipinski definition) is 4. The van der Waals surface area contributed by atoms with Crippen LogP contribution in [0, 0.1) is 46.3 Å². The van der Waals surface area contributed by atoms with Crippen molar-refractivity contribution >= 4 is 24.0 Å². The molecule has 8 fully saturated rings. The fourth-order valence-electron chi connectivity index (χ4n) is 10.4.